The van der Waals surface area contributed by atoms with Gasteiger partial charge in [-0.05, 0) is 62.1 Å². The van der Waals surface area contributed by atoms with Crippen LogP contribution in [0.15, 0.2) is 24.3 Å². The van der Waals surface area contributed by atoms with Crippen molar-refractivity contribution in [2.45, 2.75) is 56.5 Å². The molecule has 2 amide bonds. The first-order chi connectivity index (χ1) is 12.7. The van der Waals surface area contributed by atoms with E-state index in [1.165, 1.54) is 18.4 Å². The normalized spacial score (nSPS) is 23.0. The van der Waals surface area contributed by atoms with Gasteiger partial charge in [-0.1, -0.05) is 12.1 Å². The molecule has 0 spiro atoms. The van der Waals surface area contributed by atoms with Crippen molar-refractivity contribution in [1.29, 1.82) is 0 Å². The maximum Gasteiger partial charge on any atom is 0.317 e. The number of benzene rings is 1. The van der Waals surface area contributed by atoms with Crippen molar-refractivity contribution in [3.05, 3.63) is 29.8 Å². The monoisotopic (exact) mass is 357 g/mol. The van der Waals surface area contributed by atoms with Crippen LogP contribution in [0.4, 0.5) is 4.79 Å². The predicted molar refractivity (Wildman–Crippen MR) is 103 cm³/mol. The van der Waals surface area contributed by atoms with Crippen molar-refractivity contribution >= 4 is 6.03 Å². The molecule has 1 saturated carbocycles. The third kappa shape index (κ3) is 4.14. The fourth-order valence-electron chi connectivity index (χ4n) is 4.43. The molecule has 1 aromatic rings. The van der Waals surface area contributed by atoms with Crippen molar-refractivity contribution in [3.63, 3.8) is 0 Å². The predicted octanol–water partition coefficient (Wildman–Crippen LogP) is 3.21. The van der Waals surface area contributed by atoms with Crippen LogP contribution in [-0.2, 0) is 0 Å². The quantitative estimate of drug-likeness (QED) is 0.900. The largest absolute Gasteiger partial charge is 0.497 e. The van der Waals surface area contributed by atoms with Gasteiger partial charge in [-0.2, -0.15) is 0 Å². The Bertz CT molecular complexity index is 615. The Balaban J connectivity index is 1.23. The zero-order valence-corrected chi connectivity index (χ0v) is 15.8. The highest BCUT2D eigenvalue weighted by Crippen LogP contribution is 2.31. The maximum absolute atomic E-state index is 12.6. The third-order valence-corrected chi connectivity index (χ3v) is 6.27. The second-order valence-electron chi connectivity index (χ2n) is 8.03. The van der Waals surface area contributed by atoms with Crippen LogP contribution in [0.2, 0.25) is 0 Å². The van der Waals surface area contributed by atoms with Crippen molar-refractivity contribution in [2.75, 3.05) is 33.3 Å². The Morgan fingerprint density at radius 1 is 1.04 bits per heavy atom. The number of likely N-dealkylation sites (tertiary alicyclic amines) is 2. The number of methoxy groups -OCH3 is 1. The minimum Gasteiger partial charge on any atom is -0.497 e. The van der Waals surface area contributed by atoms with E-state index in [1.807, 2.05) is 11.0 Å². The summed E-state index contributed by atoms with van der Waals surface area (Å²) < 4.78 is 5.34. The summed E-state index contributed by atoms with van der Waals surface area (Å²) in [5, 5.41) is 3.28. The highest BCUT2D eigenvalue weighted by molar-refractivity contribution is 5.74. The Labute approximate surface area is 156 Å². The molecule has 1 aromatic carbocycles. The first-order valence-corrected chi connectivity index (χ1v) is 10.2. The van der Waals surface area contributed by atoms with Gasteiger partial charge < -0.3 is 19.9 Å². The van der Waals surface area contributed by atoms with E-state index in [0.717, 1.165) is 63.7 Å². The average Bonchev–Trinajstić information content (AvgIpc) is 3.54. The summed E-state index contributed by atoms with van der Waals surface area (Å²) in [7, 11) is 1.71. The van der Waals surface area contributed by atoms with E-state index >= 15 is 0 Å². The van der Waals surface area contributed by atoms with E-state index in [1.54, 1.807) is 7.11 Å². The molecule has 26 heavy (non-hydrogen) atoms. The van der Waals surface area contributed by atoms with Gasteiger partial charge in [0.05, 0.1) is 7.11 Å². The number of hydrogen-bond donors (Lipinski definition) is 1. The van der Waals surface area contributed by atoms with Crippen LogP contribution in [0.25, 0.3) is 0 Å². The van der Waals surface area contributed by atoms with Gasteiger partial charge in [0.25, 0.3) is 0 Å². The van der Waals surface area contributed by atoms with E-state index in [0.29, 0.717) is 12.0 Å². The number of nitrogens with one attached hydrogen (secondary N) is 1. The van der Waals surface area contributed by atoms with Crippen LogP contribution in [-0.4, -0.2) is 61.2 Å². The number of piperidine rings is 2. The van der Waals surface area contributed by atoms with Crippen molar-refractivity contribution in [2.24, 2.45) is 0 Å². The minimum absolute atomic E-state index is 0.138. The summed E-state index contributed by atoms with van der Waals surface area (Å²) in [4.78, 5) is 17.2. The van der Waals surface area contributed by atoms with Crippen LogP contribution >= 0.6 is 0 Å². The summed E-state index contributed by atoms with van der Waals surface area (Å²) in [6.45, 7) is 3.98. The number of carbonyl (C=O) groups excluding carboxylic acids is 1. The molecule has 0 unspecified atom stereocenters. The molecule has 2 saturated heterocycles. The van der Waals surface area contributed by atoms with E-state index in [4.69, 9.17) is 4.74 Å². The lowest BCUT2D eigenvalue weighted by Gasteiger charge is -2.36. The first-order valence-electron chi connectivity index (χ1n) is 10.2. The molecule has 0 atom stereocenters. The zero-order valence-electron chi connectivity index (χ0n) is 15.8. The van der Waals surface area contributed by atoms with Crippen LogP contribution in [0.3, 0.4) is 0 Å². The molecule has 0 bridgehead atoms. The highest BCUT2D eigenvalue weighted by Gasteiger charge is 2.33. The van der Waals surface area contributed by atoms with Gasteiger partial charge in [0, 0.05) is 38.3 Å². The Morgan fingerprint density at radius 2 is 1.77 bits per heavy atom. The highest BCUT2D eigenvalue weighted by atomic mass is 16.5. The number of nitrogens with zero attached hydrogens (tertiary/aromatic N) is 2. The number of amides is 2. The molecule has 3 aliphatic rings. The lowest BCUT2D eigenvalue weighted by molar-refractivity contribution is 0.159. The van der Waals surface area contributed by atoms with Gasteiger partial charge in [0.15, 0.2) is 0 Å². The van der Waals surface area contributed by atoms with Gasteiger partial charge in [0.2, 0.25) is 0 Å². The molecule has 142 valence electrons. The smallest absolute Gasteiger partial charge is 0.317 e. The van der Waals surface area contributed by atoms with Crippen LogP contribution in [0.5, 0.6) is 5.75 Å². The second-order valence-corrected chi connectivity index (χ2v) is 8.03. The Hall–Kier alpha value is -1.75. The fourth-order valence-corrected chi connectivity index (χ4v) is 4.43. The van der Waals surface area contributed by atoms with Gasteiger partial charge in [0.1, 0.15) is 5.75 Å². The number of ether oxygens (including phenoxy) is 1. The average molecular weight is 357 g/mol. The second kappa shape index (κ2) is 7.87. The van der Waals surface area contributed by atoms with E-state index in [9.17, 15) is 4.79 Å². The van der Waals surface area contributed by atoms with Crippen LogP contribution in [0, 0.1) is 0 Å². The molecule has 1 N–H and O–H groups in total. The fraction of sp³-hybridized carbons (Fsp3) is 0.667. The molecule has 1 aliphatic carbocycles. The van der Waals surface area contributed by atoms with Crippen molar-refractivity contribution in [1.82, 2.24) is 15.1 Å². The Morgan fingerprint density at radius 3 is 2.42 bits per heavy atom. The molecule has 5 heteroatoms. The van der Waals surface area contributed by atoms with E-state index in [2.05, 4.69) is 28.4 Å². The number of urea groups is 1. The molecule has 4 rings (SSSR count). The SMILES string of the molecule is COc1cccc(C2CCN(C(=O)NC3CCN(C4CC4)CC3)CC2)c1. The zero-order chi connectivity index (χ0) is 17.9. The summed E-state index contributed by atoms with van der Waals surface area (Å²) in [6, 6.07) is 9.70. The first kappa shape index (κ1) is 17.7. The number of carbonyl (C=O) groups is 1. The van der Waals surface area contributed by atoms with Gasteiger partial charge >= 0.3 is 6.03 Å². The minimum atomic E-state index is 0.138. The van der Waals surface area contributed by atoms with E-state index < -0.39 is 0 Å². The van der Waals surface area contributed by atoms with Crippen LogP contribution < -0.4 is 10.1 Å². The Kier molecular flexibility index (Phi) is 5.34. The van der Waals surface area contributed by atoms with Crippen LogP contribution in [0.1, 0.15) is 50.0 Å². The van der Waals surface area contributed by atoms with Gasteiger partial charge in [-0.15, -0.1) is 0 Å². The lowest BCUT2D eigenvalue weighted by atomic mass is 9.89. The van der Waals surface area contributed by atoms with E-state index in [-0.39, 0.29) is 6.03 Å². The van der Waals surface area contributed by atoms with Gasteiger partial charge in [-0.3, -0.25) is 0 Å². The molecular formula is C21H31N3O2. The lowest BCUT2D eigenvalue weighted by Crippen LogP contribution is -2.51. The van der Waals surface area contributed by atoms with Crippen molar-refractivity contribution in [3.8, 4) is 5.75 Å². The molecule has 0 aromatic heterocycles. The maximum atomic E-state index is 12.6. The summed E-state index contributed by atoms with van der Waals surface area (Å²) >= 11 is 0. The number of hydrogen-bond acceptors (Lipinski definition) is 3. The molecule has 5 nitrogen and oxygen atoms in total. The van der Waals surface area contributed by atoms with Crippen molar-refractivity contribution < 1.29 is 9.53 Å². The standard InChI is InChI=1S/C21H31N3O2/c1-26-20-4-2-3-17(15-20)16-7-11-24(12-8-16)21(25)22-18-9-13-23(14-10-18)19-5-6-19/h2-4,15-16,18-19H,5-14H2,1H3,(H,22,25). The summed E-state index contributed by atoms with van der Waals surface area (Å²) in [5.74, 6) is 1.44. The topological polar surface area (TPSA) is 44.8 Å². The molecule has 3 fully saturated rings. The molecule has 0 radical (unpaired) electrons. The third-order valence-electron chi connectivity index (χ3n) is 6.27. The summed E-state index contributed by atoms with van der Waals surface area (Å²) in [5.41, 5.74) is 1.33. The summed E-state index contributed by atoms with van der Waals surface area (Å²) in [6.07, 6.45) is 7.00. The molecular weight excluding hydrogens is 326 g/mol. The molecule has 2 heterocycles. The number of rotatable bonds is 4. The molecule has 2 aliphatic heterocycles. The van der Waals surface area contributed by atoms with Gasteiger partial charge in [-0.25, -0.2) is 4.79 Å².